The zero-order chi connectivity index (χ0) is 13.8. The summed E-state index contributed by atoms with van der Waals surface area (Å²) in [6.07, 6.45) is 6.95. The molecule has 0 unspecified atom stereocenters. The van der Waals surface area contributed by atoms with Crippen molar-refractivity contribution in [2.45, 2.75) is 19.3 Å². The van der Waals surface area contributed by atoms with Gasteiger partial charge in [-0.2, -0.15) is 5.10 Å². The Bertz CT molecular complexity index is 556. The molecule has 1 aliphatic heterocycles. The molecule has 20 heavy (non-hydrogen) atoms. The number of amides is 1. The maximum atomic E-state index is 11.9. The minimum absolute atomic E-state index is 0.149. The van der Waals surface area contributed by atoms with Gasteiger partial charge in [0.2, 0.25) is 0 Å². The van der Waals surface area contributed by atoms with E-state index in [0.29, 0.717) is 5.56 Å². The zero-order valence-corrected chi connectivity index (χ0v) is 11.3. The van der Waals surface area contributed by atoms with E-state index in [0.717, 1.165) is 18.8 Å². The first kappa shape index (κ1) is 12.7. The van der Waals surface area contributed by atoms with Crippen molar-refractivity contribution in [1.82, 2.24) is 10.2 Å². The van der Waals surface area contributed by atoms with Crippen LogP contribution in [0.2, 0.25) is 0 Å². The van der Waals surface area contributed by atoms with Crippen LogP contribution < -0.4 is 10.2 Å². The number of aromatic amines is 1. The number of carbonyl (C=O) groups is 1. The number of hydrogen-bond donors (Lipinski definition) is 2. The molecule has 0 radical (unpaired) electrons. The van der Waals surface area contributed by atoms with Crippen LogP contribution >= 0.6 is 0 Å². The molecule has 1 aliphatic rings. The largest absolute Gasteiger partial charge is 0.372 e. The van der Waals surface area contributed by atoms with Crippen LogP contribution in [0.5, 0.6) is 0 Å². The summed E-state index contributed by atoms with van der Waals surface area (Å²) in [7, 11) is 0. The number of anilines is 2. The summed E-state index contributed by atoms with van der Waals surface area (Å²) in [5.41, 5.74) is 2.56. The van der Waals surface area contributed by atoms with Crippen molar-refractivity contribution in [3.05, 3.63) is 42.2 Å². The second-order valence-electron chi connectivity index (χ2n) is 5.04. The van der Waals surface area contributed by atoms with Crippen molar-refractivity contribution in [1.29, 1.82) is 0 Å². The average molecular weight is 270 g/mol. The van der Waals surface area contributed by atoms with E-state index in [-0.39, 0.29) is 5.91 Å². The molecule has 1 fully saturated rings. The van der Waals surface area contributed by atoms with E-state index in [9.17, 15) is 4.79 Å². The summed E-state index contributed by atoms with van der Waals surface area (Å²) in [5.74, 6) is -0.149. The quantitative estimate of drug-likeness (QED) is 0.901. The minimum Gasteiger partial charge on any atom is -0.372 e. The predicted octanol–water partition coefficient (Wildman–Crippen LogP) is 2.65. The molecule has 3 rings (SSSR count). The number of H-pyrrole nitrogens is 1. The van der Waals surface area contributed by atoms with Crippen molar-refractivity contribution >= 4 is 17.3 Å². The van der Waals surface area contributed by atoms with E-state index < -0.39 is 0 Å². The van der Waals surface area contributed by atoms with Crippen LogP contribution in [0, 0.1) is 0 Å². The van der Waals surface area contributed by atoms with Crippen molar-refractivity contribution in [2.24, 2.45) is 0 Å². The molecule has 1 saturated heterocycles. The first-order valence-corrected chi connectivity index (χ1v) is 6.98. The Morgan fingerprint density at radius 1 is 1.15 bits per heavy atom. The Hall–Kier alpha value is -2.30. The molecule has 2 aromatic rings. The topological polar surface area (TPSA) is 61.0 Å². The lowest BCUT2D eigenvalue weighted by Gasteiger charge is -2.28. The van der Waals surface area contributed by atoms with E-state index in [1.807, 2.05) is 12.1 Å². The second kappa shape index (κ2) is 5.77. The van der Waals surface area contributed by atoms with E-state index in [2.05, 4.69) is 32.5 Å². The number of rotatable bonds is 3. The van der Waals surface area contributed by atoms with Gasteiger partial charge in [0, 0.05) is 30.7 Å². The molecule has 2 heterocycles. The smallest absolute Gasteiger partial charge is 0.258 e. The molecular formula is C15H18N4O. The third-order valence-electron chi connectivity index (χ3n) is 3.61. The molecule has 1 amide bonds. The number of hydrogen-bond acceptors (Lipinski definition) is 3. The van der Waals surface area contributed by atoms with Crippen molar-refractivity contribution in [3.63, 3.8) is 0 Å². The molecule has 1 aromatic heterocycles. The molecule has 104 valence electrons. The van der Waals surface area contributed by atoms with Gasteiger partial charge in [0.25, 0.3) is 5.91 Å². The van der Waals surface area contributed by atoms with Gasteiger partial charge in [0.15, 0.2) is 0 Å². The highest BCUT2D eigenvalue weighted by atomic mass is 16.1. The molecule has 0 bridgehead atoms. The van der Waals surface area contributed by atoms with Gasteiger partial charge in [-0.1, -0.05) is 0 Å². The number of piperidine rings is 1. The minimum atomic E-state index is -0.149. The lowest BCUT2D eigenvalue weighted by molar-refractivity contribution is 0.102. The molecule has 5 heteroatoms. The van der Waals surface area contributed by atoms with Gasteiger partial charge < -0.3 is 10.2 Å². The van der Waals surface area contributed by atoms with E-state index >= 15 is 0 Å². The Labute approximate surface area is 118 Å². The standard InChI is InChI=1S/C15H18N4O/c20-15(12-10-16-17-11-12)18-13-4-6-14(7-5-13)19-8-2-1-3-9-19/h4-7,10-11H,1-3,8-9H2,(H,16,17)(H,18,20). The van der Waals surface area contributed by atoms with E-state index in [1.165, 1.54) is 31.1 Å². The molecular weight excluding hydrogens is 252 g/mol. The summed E-state index contributed by atoms with van der Waals surface area (Å²) in [6, 6.07) is 8.02. The Morgan fingerprint density at radius 3 is 2.55 bits per heavy atom. The lowest BCUT2D eigenvalue weighted by Crippen LogP contribution is -2.29. The van der Waals surface area contributed by atoms with Crippen molar-refractivity contribution < 1.29 is 4.79 Å². The van der Waals surface area contributed by atoms with Crippen LogP contribution in [0.4, 0.5) is 11.4 Å². The van der Waals surface area contributed by atoms with Gasteiger partial charge >= 0.3 is 0 Å². The normalized spacial score (nSPS) is 15.1. The van der Waals surface area contributed by atoms with Crippen LogP contribution in [0.25, 0.3) is 0 Å². The molecule has 1 aromatic carbocycles. The van der Waals surface area contributed by atoms with Crippen LogP contribution in [0.3, 0.4) is 0 Å². The predicted molar refractivity (Wildman–Crippen MR) is 79.0 cm³/mol. The highest BCUT2D eigenvalue weighted by molar-refractivity contribution is 6.03. The molecule has 0 atom stereocenters. The fourth-order valence-electron chi connectivity index (χ4n) is 2.49. The average Bonchev–Trinajstić information content (AvgIpc) is 3.03. The number of carbonyl (C=O) groups excluding carboxylic acids is 1. The van der Waals surface area contributed by atoms with Crippen molar-refractivity contribution in [2.75, 3.05) is 23.3 Å². The maximum absolute atomic E-state index is 11.9. The fourth-order valence-corrected chi connectivity index (χ4v) is 2.49. The van der Waals surface area contributed by atoms with Gasteiger partial charge in [0.1, 0.15) is 0 Å². The Morgan fingerprint density at radius 2 is 1.90 bits per heavy atom. The number of nitrogens with one attached hydrogen (secondary N) is 2. The first-order valence-electron chi connectivity index (χ1n) is 6.98. The lowest BCUT2D eigenvalue weighted by atomic mass is 10.1. The Balaban J connectivity index is 1.65. The highest BCUT2D eigenvalue weighted by Crippen LogP contribution is 2.22. The maximum Gasteiger partial charge on any atom is 0.258 e. The van der Waals surface area contributed by atoms with Gasteiger partial charge in [0.05, 0.1) is 11.8 Å². The van der Waals surface area contributed by atoms with Gasteiger partial charge in [-0.25, -0.2) is 0 Å². The van der Waals surface area contributed by atoms with Crippen LogP contribution in [-0.4, -0.2) is 29.2 Å². The number of benzene rings is 1. The Kier molecular flexibility index (Phi) is 3.67. The van der Waals surface area contributed by atoms with Crippen molar-refractivity contribution in [3.8, 4) is 0 Å². The SMILES string of the molecule is O=C(Nc1ccc(N2CCCCC2)cc1)c1cn[nH]c1. The third-order valence-corrected chi connectivity index (χ3v) is 3.61. The van der Waals surface area contributed by atoms with Gasteiger partial charge in [-0.3, -0.25) is 9.89 Å². The molecule has 0 aliphatic carbocycles. The van der Waals surface area contributed by atoms with Crippen LogP contribution in [0.1, 0.15) is 29.6 Å². The molecule has 2 N–H and O–H groups in total. The summed E-state index contributed by atoms with van der Waals surface area (Å²) in [4.78, 5) is 14.3. The summed E-state index contributed by atoms with van der Waals surface area (Å²) >= 11 is 0. The first-order chi connectivity index (χ1) is 9.83. The van der Waals surface area contributed by atoms with E-state index in [4.69, 9.17) is 0 Å². The van der Waals surface area contributed by atoms with Crippen LogP contribution in [-0.2, 0) is 0 Å². The van der Waals surface area contributed by atoms with E-state index in [1.54, 1.807) is 6.20 Å². The monoisotopic (exact) mass is 270 g/mol. The van der Waals surface area contributed by atoms with Gasteiger partial charge in [-0.15, -0.1) is 0 Å². The zero-order valence-electron chi connectivity index (χ0n) is 11.3. The molecule has 0 spiro atoms. The summed E-state index contributed by atoms with van der Waals surface area (Å²) in [5, 5.41) is 9.26. The fraction of sp³-hybridized carbons (Fsp3) is 0.333. The summed E-state index contributed by atoms with van der Waals surface area (Å²) < 4.78 is 0. The second-order valence-corrected chi connectivity index (χ2v) is 5.04. The highest BCUT2D eigenvalue weighted by Gasteiger charge is 2.11. The molecule has 0 saturated carbocycles. The van der Waals surface area contributed by atoms with Gasteiger partial charge in [-0.05, 0) is 43.5 Å². The number of nitrogens with zero attached hydrogens (tertiary/aromatic N) is 2. The number of aromatic nitrogens is 2. The molecule has 5 nitrogen and oxygen atoms in total. The van der Waals surface area contributed by atoms with Crippen LogP contribution in [0.15, 0.2) is 36.7 Å². The summed E-state index contributed by atoms with van der Waals surface area (Å²) in [6.45, 7) is 2.25. The third kappa shape index (κ3) is 2.82.